The Morgan fingerprint density at radius 3 is 2.49 bits per heavy atom. The molecule has 0 unspecified atom stereocenters. The molecule has 1 saturated heterocycles. The van der Waals surface area contributed by atoms with Crippen molar-refractivity contribution in [2.45, 2.75) is 6.92 Å². The van der Waals surface area contributed by atoms with E-state index >= 15 is 0 Å². The molecule has 5 rings (SSSR count). The van der Waals surface area contributed by atoms with Crippen LogP contribution in [0.3, 0.4) is 0 Å². The van der Waals surface area contributed by atoms with Gasteiger partial charge in [-0.1, -0.05) is 30.3 Å². The van der Waals surface area contributed by atoms with Gasteiger partial charge in [-0.2, -0.15) is 10.2 Å². The van der Waals surface area contributed by atoms with Crippen molar-refractivity contribution in [3.05, 3.63) is 84.7 Å². The summed E-state index contributed by atoms with van der Waals surface area (Å²) in [7, 11) is 0. The minimum Gasteiger partial charge on any atom is -0.461 e. The number of nitrogens with zero attached hydrogens (tertiary/aromatic N) is 5. The molecule has 2 aromatic heterocycles. The molecule has 0 spiro atoms. The second-order valence-electron chi connectivity index (χ2n) is 8.13. The highest BCUT2D eigenvalue weighted by Crippen LogP contribution is 2.27. The zero-order chi connectivity index (χ0) is 24.2. The molecule has 0 saturated carbocycles. The molecule has 1 aliphatic rings. The van der Waals surface area contributed by atoms with E-state index in [0.717, 1.165) is 22.8 Å². The lowest BCUT2D eigenvalue weighted by atomic mass is 9.99. The van der Waals surface area contributed by atoms with Crippen molar-refractivity contribution in [2.24, 2.45) is 5.92 Å². The largest absolute Gasteiger partial charge is 0.461 e. The smallest absolute Gasteiger partial charge is 0.358 e. The topological polar surface area (TPSA) is 102 Å². The summed E-state index contributed by atoms with van der Waals surface area (Å²) in [4.78, 5) is 27.0. The third-order valence-electron chi connectivity index (χ3n) is 5.78. The fourth-order valence-electron chi connectivity index (χ4n) is 3.92. The Morgan fingerprint density at radius 2 is 1.80 bits per heavy atom. The van der Waals surface area contributed by atoms with Gasteiger partial charge in [0.15, 0.2) is 11.5 Å². The summed E-state index contributed by atoms with van der Waals surface area (Å²) in [6, 6.07) is 22.5. The van der Waals surface area contributed by atoms with Gasteiger partial charge in [0.1, 0.15) is 0 Å². The predicted molar refractivity (Wildman–Crippen MR) is 131 cm³/mol. The van der Waals surface area contributed by atoms with E-state index in [1.165, 1.54) is 0 Å². The SMILES string of the molecule is CCOC(=O)c1cc(-c2ccc(NC(=O)C3CN(c4cccnn4)C3)cc2)n(-c2ccccc2)n1. The minimum atomic E-state index is -0.469. The molecule has 1 amide bonds. The van der Waals surface area contributed by atoms with Crippen molar-refractivity contribution in [2.75, 3.05) is 29.9 Å². The number of aromatic nitrogens is 4. The van der Waals surface area contributed by atoms with Crippen molar-refractivity contribution in [3.63, 3.8) is 0 Å². The van der Waals surface area contributed by atoms with Crippen LogP contribution in [0.1, 0.15) is 17.4 Å². The summed E-state index contributed by atoms with van der Waals surface area (Å²) < 4.78 is 6.85. The Balaban J connectivity index is 1.30. The number of anilines is 2. The first-order valence-corrected chi connectivity index (χ1v) is 11.4. The number of para-hydroxylation sites is 1. The van der Waals surface area contributed by atoms with Gasteiger partial charge in [-0.3, -0.25) is 4.79 Å². The van der Waals surface area contributed by atoms with Gasteiger partial charge in [0.2, 0.25) is 5.91 Å². The molecule has 0 bridgehead atoms. The number of carbonyl (C=O) groups is 2. The molecular formula is C26H24N6O3. The molecule has 1 N–H and O–H groups in total. The highest BCUT2D eigenvalue weighted by atomic mass is 16.5. The van der Waals surface area contributed by atoms with Gasteiger partial charge in [-0.25, -0.2) is 9.48 Å². The van der Waals surface area contributed by atoms with Gasteiger partial charge in [0.05, 0.1) is 23.9 Å². The van der Waals surface area contributed by atoms with E-state index in [0.29, 0.717) is 18.8 Å². The van der Waals surface area contributed by atoms with Crippen molar-refractivity contribution >= 4 is 23.4 Å². The summed E-state index contributed by atoms with van der Waals surface area (Å²) in [6.45, 7) is 3.25. The Morgan fingerprint density at radius 1 is 1.03 bits per heavy atom. The summed E-state index contributed by atoms with van der Waals surface area (Å²) >= 11 is 0. The van der Waals surface area contributed by atoms with Crippen LogP contribution < -0.4 is 10.2 Å². The van der Waals surface area contributed by atoms with Crippen LogP contribution in [-0.4, -0.2) is 51.6 Å². The van der Waals surface area contributed by atoms with Crippen molar-refractivity contribution in [1.29, 1.82) is 0 Å². The average Bonchev–Trinajstić information content (AvgIpc) is 3.31. The number of benzene rings is 2. The zero-order valence-corrected chi connectivity index (χ0v) is 19.2. The van der Waals surface area contributed by atoms with E-state index in [1.807, 2.05) is 71.6 Å². The Bertz CT molecular complexity index is 1320. The number of esters is 1. The average molecular weight is 469 g/mol. The number of amides is 1. The van der Waals surface area contributed by atoms with Crippen molar-refractivity contribution in [3.8, 4) is 16.9 Å². The van der Waals surface area contributed by atoms with E-state index in [-0.39, 0.29) is 24.1 Å². The molecule has 2 aromatic carbocycles. The summed E-state index contributed by atoms with van der Waals surface area (Å²) in [5, 5.41) is 15.4. The molecule has 35 heavy (non-hydrogen) atoms. The Labute approximate surface area is 202 Å². The van der Waals surface area contributed by atoms with Crippen LogP contribution in [0, 0.1) is 5.92 Å². The molecule has 0 aliphatic carbocycles. The fourth-order valence-corrected chi connectivity index (χ4v) is 3.92. The predicted octanol–water partition coefficient (Wildman–Crippen LogP) is 3.58. The number of hydrogen-bond acceptors (Lipinski definition) is 7. The second-order valence-corrected chi connectivity index (χ2v) is 8.13. The van der Waals surface area contributed by atoms with Gasteiger partial charge >= 0.3 is 5.97 Å². The molecule has 0 radical (unpaired) electrons. The molecule has 1 fully saturated rings. The summed E-state index contributed by atoms with van der Waals surface area (Å²) in [6.07, 6.45) is 1.63. The maximum Gasteiger partial charge on any atom is 0.358 e. The normalized spacial score (nSPS) is 13.2. The van der Waals surface area contributed by atoms with Gasteiger partial charge in [0.25, 0.3) is 0 Å². The number of carbonyl (C=O) groups excluding carboxylic acids is 2. The number of ether oxygens (including phenoxy) is 1. The van der Waals surface area contributed by atoms with Crippen LogP contribution in [-0.2, 0) is 9.53 Å². The van der Waals surface area contributed by atoms with Crippen LogP contribution in [0.15, 0.2) is 79.0 Å². The lowest BCUT2D eigenvalue weighted by Crippen LogP contribution is -2.52. The molecule has 4 aromatic rings. The van der Waals surface area contributed by atoms with E-state index in [1.54, 1.807) is 23.9 Å². The lowest BCUT2D eigenvalue weighted by molar-refractivity contribution is -0.120. The first-order chi connectivity index (χ1) is 17.1. The fraction of sp³-hybridized carbons (Fsp3) is 0.192. The molecule has 176 valence electrons. The van der Waals surface area contributed by atoms with Gasteiger partial charge in [0, 0.05) is 30.5 Å². The highest BCUT2D eigenvalue weighted by molar-refractivity contribution is 5.94. The zero-order valence-electron chi connectivity index (χ0n) is 19.2. The maximum atomic E-state index is 12.7. The van der Waals surface area contributed by atoms with Gasteiger partial charge in [-0.05, 0) is 49.4 Å². The Hall–Kier alpha value is -4.53. The standard InChI is InChI=1S/C26H24N6O3/c1-2-35-26(34)22-15-23(32(30-22)21-7-4-3-5-8-21)18-10-12-20(13-11-18)28-25(33)19-16-31(17-19)24-9-6-14-27-29-24/h3-15,19H,2,16-17H2,1H3,(H,28,33). The number of nitrogens with one attached hydrogen (secondary N) is 1. The summed E-state index contributed by atoms with van der Waals surface area (Å²) in [5.41, 5.74) is 3.37. The van der Waals surface area contributed by atoms with E-state index < -0.39 is 5.97 Å². The monoisotopic (exact) mass is 468 g/mol. The highest BCUT2D eigenvalue weighted by Gasteiger charge is 2.33. The quantitative estimate of drug-likeness (QED) is 0.414. The van der Waals surface area contributed by atoms with Crippen molar-refractivity contribution < 1.29 is 14.3 Å². The van der Waals surface area contributed by atoms with E-state index in [2.05, 4.69) is 20.6 Å². The molecular weight excluding hydrogens is 444 g/mol. The minimum absolute atomic E-state index is 0.0307. The molecule has 0 atom stereocenters. The first kappa shape index (κ1) is 22.3. The van der Waals surface area contributed by atoms with Crippen molar-refractivity contribution in [1.82, 2.24) is 20.0 Å². The molecule has 3 heterocycles. The van der Waals surface area contributed by atoms with Crippen LogP contribution in [0.25, 0.3) is 16.9 Å². The first-order valence-electron chi connectivity index (χ1n) is 11.4. The van der Waals surface area contributed by atoms with Crippen LogP contribution in [0.5, 0.6) is 0 Å². The number of hydrogen-bond donors (Lipinski definition) is 1. The summed E-state index contributed by atoms with van der Waals surface area (Å²) in [5.74, 6) is 0.168. The molecule has 9 heteroatoms. The molecule has 9 nitrogen and oxygen atoms in total. The van der Waals surface area contributed by atoms with Gasteiger partial charge < -0.3 is 15.0 Å². The third-order valence-corrected chi connectivity index (χ3v) is 5.78. The third kappa shape index (κ3) is 4.74. The van der Waals surface area contributed by atoms with Crippen LogP contribution >= 0.6 is 0 Å². The van der Waals surface area contributed by atoms with Gasteiger partial charge in [-0.15, -0.1) is 5.10 Å². The lowest BCUT2D eigenvalue weighted by Gasteiger charge is -2.38. The van der Waals surface area contributed by atoms with E-state index in [9.17, 15) is 9.59 Å². The Kier molecular flexibility index (Phi) is 6.21. The van der Waals surface area contributed by atoms with Crippen LogP contribution in [0.4, 0.5) is 11.5 Å². The maximum absolute atomic E-state index is 12.7. The van der Waals surface area contributed by atoms with Crippen LogP contribution in [0.2, 0.25) is 0 Å². The second kappa shape index (κ2) is 9.76. The van der Waals surface area contributed by atoms with E-state index in [4.69, 9.17) is 4.74 Å². The number of rotatable bonds is 7. The molecule has 1 aliphatic heterocycles.